The van der Waals surface area contributed by atoms with Crippen LogP contribution in [0.3, 0.4) is 0 Å². The Morgan fingerprint density at radius 3 is 2.54 bits per heavy atom. The second kappa shape index (κ2) is 11.6. The minimum atomic E-state index is -0.308. The second-order valence-electron chi connectivity index (χ2n) is 6.12. The second-order valence-corrected chi connectivity index (χ2v) is 6.12. The van der Waals surface area contributed by atoms with Gasteiger partial charge in [-0.25, -0.2) is 4.98 Å². The van der Waals surface area contributed by atoms with Crippen molar-refractivity contribution in [2.45, 2.75) is 33.2 Å². The molecule has 7 heteroatoms. The number of nitrogens with one attached hydrogen (secondary N) is 2. The summed E-state index contributed by atoms with van der Waals surface area (Å²) in [6, 6.07) is 10.4. The lowest BCUT2D eigenvalue weighted by molar-refractivity contribution is -0.120. The number of hydrogen-bond donors (Lipinski definition) is 2. The van der Waals surface area contributed by atoms with Gasteiger partial charge in [-0.3, -0.25) is 9.59 Å². The van der Waals surface area contributed by atoms with E-state index in [1.165, 1.54) is 0 Å². The smallest absolute Gasteiger partial charge is 0.251 e. The number of benzene rings is 1. The molecule has 1 heterocycles. The van der Waals surface area contributed by atoms with Gasteiger partial charge in [0.1, 0.15) is 5.75 Å². The lowest BCUT2D eigenvalue weighted by atomic mass is 10.2. The summed E-state index contributed by atoms with van der Waals surface area (Å²) in [6.45, 7) is 5.40. The zero-order chi connectivity index (χ0) is 20.2. The molecule has 28 heavy (non-hydrogen) atoms. The predicted octanol–water partition coefficient (Wildman–Crippen LogP) is 2.71. The third kappa shape index (κ3) is 7.26. The summed E-state index contributed by atoms with van der Waals surface area (Å²) >= 11 is 0. The van der Waals surface area contributed by atoms with Gasteiger partial charge >= 0.3 is 0 Å². The number of amides is 2. The van der Waals surface area contributed by atoms with Crippen molar-refractivity contribution in [3.63, 3.8) is 0 Å². The molecule has 0 aliphatic heterocycles. The average Bonchev–Trinajstić information content (AvgIpc) is 2.72. The zero-order valence-electron chi connectivity index (χ0n) is 16.4. The highest BCUT2D eigenvalue weighted by Crippen LogP contribution is 2.12. The molecule has 150 valence electrons. The third-order valence-electron chi connectivity index (χ3n) is 3.87. The summed E-state index contributed by atoms with van der Waals surface area (Å²) < 4.78 is 10.9. The zero-order valence-corrected chi connectivity index (χ0v) is 16.4. The molecule has 0 saturated heterocycles. The third-order valence-corrected chi connectivity index (χ3v) is 3.87. The van der Waals surface area contributed by atoms with Crippen LogP contribution in [0.1, 0.15) is 42.6 Å². The number of carbonyl (C=O) groups excluding carboxylic acids is 2. The van der Waals surface area contributed by atoms with Gasteiger partial charge in [0.05, 0.1) is 19.8 Å². The van der Waals surface area contributed by atoms with Crippen LogP contribution in [-0.2, 0) is 11.3 Å². The van der Waals surface area contributed by atoms with Crippen LogP contribution in [0.5, 0.6) is 11.6 Å². The number of pyridine rings is 1. The van der Waals surface area contributed by atoms with E-state index in [0.29, 0.717) is 31.2 Å². The molecular weight excluding hydrogens is 358 g/mol. The van der Waals surface area contributed by atoms with Crippen LogP contribution in [0.15, 0.2) is 42.6 Å². The Hall–Kier alpha value is -3.09. The molecule has 1 aromatic carbocycles. The lowest BCUT2D eigenvalue weighted by Gasteiger charge is -2.09. The predicted molar refractivity (Wildman–Crippen MR) is 106 cm³/mol. The molecule has 2 N–H and O–H groups in total. The molecule has 2 rings (SSSR count). The number of aromatic nitrogens is 1. The molecule has 0 aliphatic rings. The molecule has 1 aromatic heterocycles. The van der Waals surface area contributed by atoms with Gasteiger partial charge < -0.3 is 20.1 Å². The quantitative estimate of drug-likeness (QED) is 0.581. The maximum absolute atomic E-state index is 12.2. The van der Waals surface area contributed by atoms with E-state index >= 15 is 0 Å². The van der Waals surface area contributed by atoms with Gasteiger partial charge in [0.2, 0.25) is 11.8 Å². The van der Waals surface area contributed by atoms with Gasteiger partial charge in [-0.2, -0.15) is 0 Å². The molecule has 2 amide bonds. The molecule has 0 radical (unpaired) electrons. The summed E-state index contributed by atoms with van der Waals surface area (Å²) in [6.07, 6.45) is 3.69. The van der Waals surface area contributed by atoms with Crippen LogP contribution in [0, 0.1) is 0 Å². The maximum Gasteiger partial charge on any atom is 0.251 e. The van der Waals surface area contributed by atoms with Gasteiger partial charge in [-0.15, -0.1) is 0 Å². The van der Waals surface area contributed by atoms with Gasteiger partial charge in [-0.05, 0) is 49.2 Å². The first-order valence-corrected chi connectivity index (χ1v) is 9.47. The van der Waals surface area contributed by atoms with Crippen molar-refractivity contribution in [3.8, 4) is 11.6 Å². The summed E-state index contributed by atoms with van der Waals surface area (Å²) in [7, 11) is 0. The summed E-state index contributed by atoms with van der Waals surface area (Å²) in [5, 5.41) is 5.37. The Kier molecular flexibility index (Phi) is 8.78. The van der Waals surface area contributed by atoms with Gasteiger partial charge in [0, 0.05) is 24.4 Å². The fraction of sp³-hybridized carbons (Fsp3) is 0.381. The van der Waals surface area contributed by atoms with E-state index in [-0.39, 0.29) is 18.4 Å². The van der Waals surface area contributed by atoms with Crippen LogP contribution in [0.25, 0.3) is 0 Å². The first-order valence-electron chi connectivity index (χ1n) is 9.47. The van der Waals surface area contributed by atoms with E-state index in [9.17, 15) is 9.59 Å². The van der Waals surface area contributed by atoms with Crippen molar-refractivity contribution in [1.29, 1.82) is 0 Å². The molecule has 2 aromatic rings. The van der Waals surface area contributed by atoms with Crippen LogP contribution >= 0.6 is 0 Å². The molecule has 0 bridgehead atoms. The number of carbonyl (C=O) groups is 2. The van der Waals surface area contributed by atoms with E-state index in [2.05, 4.69) is 22.5 Å². The highest BCUT2D eigenvalue weighted by molar-refractivity contribution is 5.96. The SMILES string of the molecule is CCCCOc1ccc(C(=O)NCC(=O)NCc2ccnc(OCC)c2)cc1. The van der Waals surface area contributed by atoms with E-state index in [1.807, 2.05) is 6.92 Å². The fourth-order valence-corrected chi connectivity index (χ4v) is 2.35. The Labute approximate surface area is 165 Å². The Bertz CT molecular complexity index is 763. The average molecular weight is 385 g/mol. The Balaban J connectivity index is 1.74. The molecule has 0 spiro atoms. The topological polar surface area (TPSA) is 89.5 Å². The summed E-state index contributed by atoms with van der Waals surface area (Å²) in [4.78, 5) is 28.2. The molecule has 0 atom stereocenters. The van der Waals surface area contributed by atoms with Crippen molar-refractivity contribution in [2.75, 3.05) is 19.8 Å². The van der Waals surface area contributed by atoms with Crippen LogP contribution < -0.4 is 20.1 Å². The van der Waals surface area contributed by atoms with Crippen molar-refractivity contribution in [2.24, 2.45) is 0 Å². The number of ether oxygens (including phenoxy) is 2. The monoisotopic (exact) mass is 385 g/mol. The number of unbranched alkanes of at least 4 members (excludes halogenated alkanes) is 1. The van der Waals surface area contributed by atoms with Gasteiger partial charge in [-0.1, -0.05) is 13.3 Å². The molecule has 0 aliphatic carbocycles. The standard InChI is InChI=1S/C21H27N3O4/c1-3-5-12-28-18-8-6-17(7-9-18)21(26)24-15-19(25)23-14-16-10-11-22-20(13-16)27-4-2/h6-11,13H,3-5,12,14-15H2,1-2H3,(H,23,25)(H,24,26). The number of rotatable bonds is 11. The van der Waals surface area contributed by atoms with Crippen LogP contribution in [-0.4, -0.2) is 36.6 Å². The van der Waals surface area contributed by atoms with Gasteiger partial charge in [0.25, 0.3) is 5.91 Å². The molecule has 7 nitrogen and oxygen atoms in total. The van der Waals surface area contributed by atoms with E-state index < -0.39 is 0 Å². The van der Waals surface area contributed by atoms with E-state index in [0.717, 1.165) is 24.2 Å². The Morgan fingerprint density at radius 1 is 1.04 bits per heavy atom. The highest BCUT2D eigenvalue weighted by atomic mass is 16.5. The summed E-state index contributed by atoms with van der Waals surface area (Å²) in [5.74, 6) is 0.664. The fourth-order valence-electron chi connectivity index (χ4n) is 2.35. The minimum absolute atomic E-state index is 0.100. The molecular formula is C21H27N3O4. The Morgan fingerprint density at radius 2 is 1.82 bits per heavy atom. The highest BCUT2D eigenvalue weighted by Gasteiger charge is 2.08. The van der Waals surface area contributed by atoms with Gasteiger partial charge in [0.15, 0.2) is 0 Å². The lowest BCUT2D eigenvalue weighted by Crippen LogP contribution is -2.36. The molecule has 0 unspecified atom stereocenters. The normalized spacial score (nSPS) is 10.2. The maximum atomic E-state index is 12.2. The van der Waals surface area contributed by atoms with Crippen molar-refractivity contribution in [3.05, 3.63) is 53.7 Å². The van der Waals surface area contributed by atoms with Crippen LogP contribution in [0.2, 0.25) is 0 Å². The molecule has 0 fully saturated rings. The van der Waals surface area contributed by atoms with E-state index in [4.69, 9.17) is 9.47 Å². The first kappa shape index (κ1) is 21.2. The first-order chi connectivity index (χ1) is 13.6. The van der Waals surface area contributed by atoms with Crippen molar-refractivity contribution >= 4 is 11.8 Å². The largest absolute Gasteiger partial charge is 0.494 e. The minimum Gasteiger partial charge on any atom is -0.494 e. The number of hydrogen-bond acceptors (Lipinski definition) is 5. The van der Waals surface area contributed by atoms with E-state index in [1.54, 1.807) is 42.6 Å². The number of nitrogens with zero attached hydrogens (tertiary/aromatic N) is 1. The summed E-state index contributed by atoms with van der Waals surface area (Å²) in [5.41, 5.74) is 1.35. The molecule has 0 saturated carbocycles. The van der Waals surface area contributed by atoms with Crippen molar-refractivity contribution in [1.82, 2.24) is 15.6 Å². The van der Waals surface area contributed by atoms with Crippen molar-refractivity contribution < 1.29 is 19.1 Å². The van der Waals surface area contributed by atoms with Crippen LogP contribution in [0.4, 0.5) is 0 Å².